The second-order valence-electron chi connectivity index (χ2n) is 20.6. The first-order valence-electron chi connectivity index (χ1n) is 26.8. The Morgan fingerprint density at radius 3 is 1.59 bits per heavy atom. The first kappa shape index (κ1) is 45.4. The molecule has 1 aliphatic rings. The molecule has 3 heterocycles. The molecule has 0 amide bonds. The molecular weight excluding hydrogens is 951 g/mol. The summed E-state index contributed by atoms with van der Waals surface area (Å²) in [6.45, 7) is 2.44. The van der Waals surface area contributed by atoms with Crippen LogP contribution in [0.5, 0.6) is 0 Å². The van der Waals surface area contributed by atoms with Gasteiger partial charge in [0.1, 0.15) is 22.3 Å². The highest BCUT2D eigenvalue weighted by atomic mass is 16.3. The monoisotopic (exact) mass is 999 g/mol. The summed E-state index contributed by atoms with van der Waals surface area (Å²) in [5, 5.41) is 4.45. The van der Waals surface area contributed by atoms with Gasteiger partial charge in [-0.2, -0.15) is 0 Å². The molecule has 1 aliphatic carbocycles. The predicted molar refractivity (Wildman–Crippen MR) is 319 cm³/mol. The number of hydrogen-bond acceptors (Lipinski definition) is 5. The van der Waals surface area contributed by atoms with E-state index in [4.69, 9.17) is 23.8 Å². The molecule has 15 rings (SSSR count). The summed E-state index contributed by atoms with van der Waals surface area (Å²) in [7, 11) is 0. The van der Waals surface area contributed by atoms with Crippen molar-refractivity contribution in [1.29, 1.82) is 0 Å². The molecule has 0 saturated carbocycles. The van der Waals surface area contributed by atoms with Gasteiger partial charge in [-0.1, -0.05) is 213 Å². The van der Waals surface area contributed by atoms with Gasteiger partial charge < -0.3 is 8.83 Å². The van der Waals surface area contributed by atoms with Crippen LogP contribution >= 0.6 is 0 Å². The lowest BCUT2D eigenvalue weighted by Gasteiger charge is -2.34. The maximum atomic E-state index is 6.66. The van der Waals surface area contributed by atoms with Crippen molar-refractivity contribution in [2.75, 3.05) is 0 Å². The predicted octanol–water partition coefficient (Wildman–Crippen LogP) is 19.4. The smallest absolute Gasteiger partial charge is 0.164 e. The van der Waals surface area contributed by atoms with Crippen LogP contribution in [0.1, 0.15) is 35.4 Å². The first-order valence-corrected chi connectivity index (χ1v) is 26.8. The fraction of sp³-hybridized carbons (Fsp3) is 0.0548. The molecule has 0 aliphatic heterocycles. The first-order chi connectivity index (χ1) is 38.6. The Hall–Kier alpha value is -9.97. The highest BCUT2D eigenvalue weighted by Crippen LogP contribution is 2.51. The Morgan fingerprint density at radius 2 is 0.833 bits per heavy atom. The molecule has 0 bridgehead atoms. The Bertz CT molecular complexity index is 4560. The second kappa shape index (κ2) is 18.7. The molecule has 14 aromatic rings. The average Bonchev–Trinajstić information content (AvgIpc) is 4.21. The zero-order valence-corrected chi connectivity index (χ0v) is 42.8. The van der Waals surface area contributed by atoms with Crippen LogP contribution in [-0.4, -0.2) is 15.0 Å². The molecular formula is C73H49N3O2. The van der Waals surface area contributed by atoms with Crippen LogP contribution in [0.25, 0.3) is 134 Å². The van der Waals surface area contributed by atoms with Crippen molar-refractivity contribution in [2.45, 2.75) is 25.2 Å². The van der Waals surface area contributed by atoms with E-state index in [2.05, 4.69) is 201 Å². The van der Waals surface area contributed by atoms with Crippen LogP contribution in [-0.2, 0) is 6.42 Å². The average molecular weight is 1000 g/mol. The third-order valence-corrected chi connectivity index (χ3v) is 16.1. The summed E-state index contributed by atoms with van der Waals surface area (Å²) in [5.41, 5.74) is 22.2. The van der Waals surface area contributed by atoms with Gasteiger partial charge in [-0.05, 0) is 139 Å². The van der Waals surface area contributed by atoms with Crippen LogP contribution in [0.3, 0.4) is 0 Å². The van der Waals surface area contributed by atoms with Crippen LogP contribution in [0, 0.1) is 0 Å². The third-order valence-electron chi connectivity index (χ3n) is 16.1. The molecule has 5 nitrogen and oxygen atoms in total. The Morgan fingerprint density at radius 1 is 0.333 bits per heavy atom. The highest BCUT2D eigenvalue weighted by Gasteiger charge is 2.33. The van der Waals surface area contributed by atoms with Gasteiger partial charge >= 0.3 is 0 Å². The molecule has 78 heavy (non-hydrogen) atoms. The zero-order valence-electron chi connectivity index (χ0n) is 42.8. The van der Waals surface area contributed by atoms with Crippen LogP contribution < -0.4 is 0 Å². The van der Waals surface area contributed by atoms with Crippen molar-refractivity contribution in [3.8, 4) is 89.8 Å². The minimum Gasteiger partial charge on any atom is -0.456 e. The lowest BCUT2D eigenvalue weighted by Crippen LogP contribution is -2.18. The molecule has 11 aromatic carbocycles. The van der Waals surface area contributed by atoms with E-state index < -0.39 is 0 Å². The molecule has 5 heteroatoms. The van der Waals surface area contributed by atoms with Crippen LogP contribution in [0.15, 0.2) is 264 Å². The zero-order chi connectivity index (χ0) is 51.7. The van der Waals surface area contributed by atoms with Gasteiger partial charge in [-0.25, -0.2) is 15.0 Å². The summed E-state index contributed by atoms with van der Waals surface area (Å²) in [4.78, 5) is 15.1. The normalized spacial score (nSPS) is 13.5. The number of fused-ring (bicyclic) bond motifs is 9. The highest BCUT2D eigenvalue weighted by molar-refractivity contribution is 6.14. The lowest BCUT2D eigenvalue weighted by molar-refractivity contribution is 0.571. The number of hydrogen-bond donors (Lipinski definition) is 0. The molecule has 0 saturated heterocycles. The second-order valence-corrected chi connectivity index (χ2v) is 20.6. The molecule has 0 fully saturated rings. The number of furan rings is 2. The molecule has 0 radical (unpaired) electrons. The summed E-state index contributed by atoms with van der Waals surface area (Å²) in [6, 6.07) is 90.6. The maximum absolute atomic E-state index is 6.66. The van der Waals surface area contributed by atoms with E-state index in [0.717, 1.165) is 89.4 Å². The van der Waals surface area contributed by atoms with Gasteiger partial charge in [0.25, 0.3) is 0 Å². The van der Waals surface area contributed by atoms with Crippen molar-refractivity contribution in [3.63, 3.8) is 0 Å². The number of aromatic nitrogens is 3. The molecule has 3 aromatic heterocycles. The fourth-order valence-electron chi connectivity index (χ4n) is 12.3. The summed E-state index contributed by atoms with van der Waals surface area (Å²) in [5.74, 6) is 2.22. The third kappa shape index (κ3) is 7.81. The van der Waals surface area contributed by atoms with E-state index in [9.17, 15) is 0 Å². The van der Waals surface area contributed by atoms with E-state index >= 15 is 0 Å². The van der Waals surface area contributed by atoms with Crippen LogP contribution in [0.2, 0.25) is 0 Å². The topological polar surface area (TPSA) is 65.0 Å². The fourth-order valence-corrected chi connectivity index (χ4v) is 12.3. The van der Waals surface area contributed by atoms with Gasteiger partial charge in [0.15, 0.2) is 17.5 Å². The summed E-state index contributed by atoms with van der Waals surface area (Å²) < 4.78 is 13.3. The van der Waals surface area contributed by atoms with Gasteiger partial charge in [0.2, 0.25) is 0 Å². The summed E-state index contributed by atoms with van der Waals surface area (Å²) >= 11 is 0. The summed E-state index contributed by atoms with van der Waals surface area (Å²) in [6.07, 6.45) is 0.932. The van der Waals surface area contributed by atoms with E-state index in [-0.39, 0.29) is 11.8 Å². The van der Waals surface area contributed by atoms with E-state index in [1.165, 1.54) is 49.9 Å². The van der Waals surface area contributed by atoms with Crippen molar-refractivity contribution >= 4 is 43.9 Å². The minimum atomic E-state index is 0.129. The van der Waals surface area contributed by atoms with Crippen molar-refractivity contribution < 1.29 is 8.83 Å². The van der Waals surface area contributed by atoms with Gasteiger partial charge in [-0.3, -0.25) is 0 Å². The maximum Gasteiger partial charge on any atom is 0.164 e. The number of rotatable bonds is 9. The van der Waals surface area contributed by atoms with Gasteiger partial charge in [0, 0.05) is 38.2 Å². The molecule has 0 spiro atoms. The SMILES string of the molecule is CC(c1c(-c2cccc(-c3ccc4oc5cccc(-c6cccc(-c7nc(-c8ccccc8)nc(-c8ccccc8)n7)c6)c5c4c3)c2)ccc2oc3ccccc3c12)C1Cc2ccc(-c3ccccc3)cc2-c2ccccc21. The van der Waals surface area contributed by atoms with Gasteiger partial charge in [0.05, 0.1) is 0 Å². The number of para-hydroxylation sites is 1. The van der Waals surface area contributed by atoms with Crippen molar-refractivity contribution in [1.82, 2.24) is 15.0 Å². The Kier molecular flexibility index (Phi) is 10.9. The Labute approximate surface area is 451 Å². The van der Waals surface area contributed by atoms with E-state index in [0.29, 0.717) is 17.5 Å². The van der Waals surface area contributed by atoms with Crippen molar-refractivity contribution in [3.05, 3.63) is 271 Å². The molecule has 2 atom stereocenters. The van der Waals surface area contributed by atoms with Crippen LogP contribution in [0.4, 0.5) is 0 Å². The quantitative estimate of drug-likeness (QED) is 0.144. The number of benzene rings is 11. The number of nitrogens with zero attached hydrogens (tertiary/aromatic N) is 3. The minimum absolute atomic E-state index is 0.129. The molecule has 2 unspecified atom stereocenters. The van der Waals surface area contributed by atoms with E-state index in [1.807, 2.05) is 60.7 Å². The molecule has 368 valence electrons. The van der Waals surface area contributed by atoms with Crippen molar-refractivity contribution in [2.24, 2.45) is 0 Å². The Balaban J connectivity index is 0.827. The van der Waals surface area contributed by atoms with E-state index in [1.54, 1.807) is 0 Å². The lowest BCUT2D eigenvalue weighted by atomic mass is 9.70. The molecule has 0 N–H and O–H groups in total. The standard InChI is InChI=1S/C73H49N3O2/c1-45(61-44-54-35-34-50(46-18-5-2-6-19-46)42-62(54)59-29-12-11-28-58(59)61)68-57(37-39-67-70(68)60-30-13-14-32-64(60)77-67)52-25-15-24-49(40-52)51-36-38-65-63(43-51)69-56(31-17-33-66(69)78-65)53-26-16-27-55(41-53)73-75-71(47-20-7-3-8-21-47)74-72(76-73)48-22-9-4-10-23-48/h2-43,45,61H,44H2,1H3. The van der Waals surface area contributed by atoms with Gasteiger partial charge in [-0.15, -0.1) is 0 Å². The largest absolute Gasteiger partial charge is 0.456 e.